The van der Waals surface area contributed by atoms with E-state index in [-0.39, 0.29) is 23.6 Å². The lowest BCUT2D eigenvalue weighted by molar-refractivity contribution is 0.601. The molecule has 2 unspecified atom stereocenters. The number of benzene rings is 2. The van der Waals surface area contributed by atoms with Gasteiger partial charge in [0.2, 0.25) is 0 Å². The van der Waals surface area contributed by atoms with Crippen molar-refractivity contribution in [2.75, 3.05) is 16.4 Å². The van der Waals surface area contributed by atoms with E-state index < -0.39 is 9.84 Å². The van der Waals surface area contributed by atoms with Crippen LogP contribution < -0.4 is 4.90 Å². The van der Waals surface area contributed by atoms with Crippen molar-refractivity contribution in [3.05, 3.63) is 64.7 Å². The van der Waals surface area contributed by atoms with Crippen LogP contribution in [0.2, 0.25) is 0 Å². The molecule has 6 heteroatoms. The van der Waals surface area contributed by atoms with Crippen LogP contribution in [-0.2, 0) is 15.6 Å². The van der Waals surface area contributed by atoms with Gasteiger partial charge >= 0.3 is 0 Å². The van der Waals surface area contributed by atoms with E-state index in [1.165, 1.54) is 16.7 Å². The summed E-state index contributed by atoms with van der Waals surface area (Å²) in [6, 6.07) is 14.5. The topological polar surface area (TPSA) is 49.7 Å². The number of aliphatic imine (C=N–C) groups is 1. The molecule has 142 valence electrons. The van der Waals surface area contributed by atoms with Gasteiger partial charge < -0.3 is 4.90 Å². The third-order valence-electron chi connectivity index (χ3n) is 5.35. The average Bonchev–Trinajstić information content (AvgIpc) is 3.07. The summed E-state index contributed by atoms with van der Waals surface area (Å²) in [6.07, 6.45) is 0. The van der Waals surface area contributed by atoms with Gasteiger partial charge in [-0.15, -0.1) is 0 Å². The van der Waals surface area contributed by atoms with Gasteiger partial charge in [0.1, 0.15) is 0 Å². The molecule has 4 rings (SSSR count). The second kappa shape index (κ2) is 6.99. The molecule has 2 aliphatic rings. The number of thioether (sulfide) groups is 1. The molecule has 1 fully saturated rings. The smallest absolute Gasteiger partial charge is 0.164 e. The molecule has 2 atom stereocenters. The molecule has 0 spiro atoms. The van der Waals surface area contributed by atoms with Gasteiger partial charge in [-0.2, -0.15) is 0 Å². The number of rotatable bonds is 3. The van der Waals surface area contributed by atoms with Gasteiger partial charge in [-0.3, -0.25) is 4.99 Å². The molecule has 0 amide bonds. The molecule has 0 saturated carbocycles. The maximum absolute atomic E-state index is 12.2. The Balaban J connectivity index is 1.68. The van der Waals surface area contributed by atoms with E-state index in [9.17, 15) is 8.42 Å². The minimum Gasteiger partial charge on any atom is -0.315 e. The van der Waals surface area contributed by atoms with Crippen LogP contribution in [0.3, 0.4) is 0 Å². The summed E-state index contributed by atoms with van der Waals surface area (Å²) in [5.74, 6) is 1.18. The van der Waals surface area contributed by atoms with Crippen molar-refractivity contribution >= 4 is 32.5 Å². The lowest BCUT2D eigenvalue weighted by atomic mass is 10.1. The molecule has 1 saturated heterocycles. The quantitative estimate of drug-likeness (QED) is 0.784. The van der Waals surface area contributed by atoms with Crippen LogP contribution in [0, 0.1) is 20.8 Å². The zero-order valence-electron chi connectivity index (χ0n) is 15.8. The number of anilines is 1. The summed E-state index contributed by atoms with van der Waals surface area (Å²) in [5, 5.41) is 0.942. The third-order valence-corrected chi connectivity index (χ3v) is 8.06. The molecule has 2 heterocycles. The van der Waals surface area contributed by atoms with Crippen LogP contribution in [-0.4, -0.2) is 37.2 Å². The lowest BCUT2D eigenvalue weighted by Crippen LogP contribution is -2.39. The Morgan fingerprint density at radius 3 is 2.63 bits per heavy atom. The zero-order valence-corrected chi connectivity index (χ0v) is 17.5. The van der Waals surface area contributed by atoms with Crippen molar-refractivity contribution in [1.82, 2.24) is 0 Å². The molecular weight excluding hydrogens is 376 g/mol. The van der Waals surface area contributed by atoms with Crippen LogP contribution in [0.4, 0.5) is 5.69 Å². The molecule has 4 nitrogen and oxygen atoms in total. The van der Waals surface area contributed by atoms with Gasteiger partial charge in [0.15, 0.2) is 15.0 Å². The van der Waals surface area contributed by atoms with E-state index in [0.29, 0.717) is 0 Å². The van der Waals surface area contributed by atoms with Gasteiger partial charge in [-0.1, -0.05) is 48.2 Å². The first-order valence-electron chi connectivity index (χ1n) is 9.16. The maximum atomic E-state index is 12.2. The molecule has 2 aromatic rings. The lowest BCUT2D eigenvalue weighted by Gasteiger charge is -2.28. The van der Waals surface area contributed by atoms with Gasteiger partial charge in [0.05, 0.1) is 23.6 Å². The van der Waals surface area contributed by atoms with Crippen molar-refractivity contribution in [3.63, 3.8) is 0 Å². The first kappa shape index (κ1) is 18.6. The molecule has 0 aromatic heterocycles. The average molecular weight is 401 g/mol. The van der Waals surface area contributed by atoms with Gasteiger partial charge in [0.25, 0.3) is 0 Å². The zero-order chi connectivity index (χ0) is 19.2. The highest BCUT2D eigenvalue weighted by Gasteiger charge is 2.47. The highest BCUT2D eigenvalue weighted by atomic mass is 32.2. The monoisotopic (exact) mass is 400 g/mol. The van der Waals surface area contributed by atoms with E-state index in [1.54, 1.807) is 11.8 Å². The van der Waals surface area contributed by atoms with Crippen molar-refractivity contribution in [2.45, 2.75) is 38.6 Å². The predicted octanol–water partition coefficient (Wildman–Crippen LogP) is 3.89. The van der Waals surface area contributed by atoms with Gasteiger partial charge in [0, 0.05) is 11.4 Å². The minimum atomic E-state index is -3.02. The number of hydrogen-bond donors (Lipinski definition) is 0. The Morgan fingerprint density at radius 2 is 1.85 bits per heavy atom. The Hall–Kier alpha value is -1.79. The normalized spacial score (nSPS) is 23.4. The summed E-state index contributed by atoms with van der Waals surface area (Å²) in [6.45, 7) is 6.27. The van der Waals surface area contributed by atoms with E-state index in [4.69, 9.17) is 4.99 Å². The molecule has 2 aromatic carbocycles. The molecular formula is C21H24N2O2S2. The Bertz CT molecular complexity index is 1010. The summed E-state index contributed by atoms with van der Waals surface area (Å²) in [7, 11) is -3.02. The maximum Gasteiger partial charge on any atom is 0.164 e. The number of nitrogens with zero attached hydrogens (tertiary/aromatic N) is 2. The fourth-order valence-electron chi connectivity index (χ4n) is 3.81. The highest BCUT2D eigenvalue weighted by Crippen LogP contribution is 2.37. The van der Waals surface area contributed by atoms with Crippen molar-refractivity contribution in [3.8, 4) is 0 Å². The van der Waals surface area contributed by atoms with Crippen molar-refractivity contribution in [1.29, 1.82) is 0 Å². The number of sulfone groups is 1. The number of fused-ring (bicyclic) bond motifs is 1. The van der Waals surface area contributed by atoms with E-state index >= 15 is 0 Å². The molecule has 0 radical (unpaired) electrons. The Morgan fingerprint density at radius 1 is 1.07 bits per heavy atom. The summed E-state index contributed by atoms with van der Waals surface area (Å²) < 4.78 is 24.4. The van der Waals surface area contributed by atoms with Crippen LogP contribution in [0.5, 0.6) is 0 Å². The third kappa shape index (κ3) is 3.65. The van der Waals surface area contributed by atoms with Crippen molar-refractivity contribution < 1.29 is 8.42 Å². The van der Waals surface area contributed by atoms with Crippen molar-refractivity contribution in [2.24, 2.45) is 4.99 Å². The predicted molar refractivity (Wildman–Crippen MR) is 115 cm³/mol. The summed E-state index contributed by atoms with van der Waals surface area (Å²) in [4.78, 5) is 7.03. The van der Waals surface area contributed by atoms with E-state index in [2.05, 4.69) is 62.1 Å². The standard InChI is InChI=1S/C21H24N2O2S2/c1-14-8-9-16(3)19(10-14)23-20-13-27(24,25)12-18(20)22-21(23)26-11-17-7-5-4-6-15(17)2/h4-10,18,20H,11-13H2,1-3H3. The summed E-state index contributed by atoms with van der Waals surface area (Å²) >= 11 is 1.71. The van der Waals surface area contributed by atoms with Crippen LogP contribution in [0.1, 0.15) is 22.3 Å². The fourth-order valence-corrected chi connectivity index (χ4v) is 6.84. The van der Waals surface area contributed by atoms with Gasteiger partial charge in [-0.05, 0) is 49.1 Å². The molecule has 2 aliphatic heterocycles. The van der Waals surface area contributed by atoms with Gasteiger partial charge in [-0.25, -0.2) is 8.42 Å². The Kier molecular flexibility index (Phi) is 4.80. The SMILES string of the molecule is Cc1ccc(C)c(N2C(SCc3ccccc3C)=NC3CS(=O)(=O)CC32)c1. The number of aryl methyl sites for hydroxylation is 3. The molecule has 0 aliphatic carbocycles. The first-order valence-corrected chi connectivity index (χ1v) is 12.0. The number of hydrogen-bond acceptors (Lipinski definition) is 5. The van der Waals surface area contributed by atoms with E-state index in [0.717, 1.165) is 22.2 Å². The highest BCUT2D eigenvalue weighted by molar-refractivity contribution is 8.13. The van der Waals surface area contributed by atoms with Crippen LogP contribution in [0.25, 0.3) is 0 Å². The molecule has 0 bridgehead atoms. The second-order valence-corrected chi connectivity index (χ2v) is 10.6. The van der Waals surface area contributed by atoms with Crippen LogP contribution in [0.15, 0.2) is 47.5 Å². The van der Waals surface area contributed by atoms with E-state index in [1.807, 2.05) is 6.07 Å². The second-order valence-electron chi connectivity index (χ2n) is 7.50. The molecule has 27 heavy (non-hydrogen) atoms. The number of amidine groups is 1. The molecule has 0 N–H and O–H groups in total. The Labute approximate surface area is 165 Å². The largest absolute Gasteiger partial charge is 0.315 e. The van der Waals surface area contributed by atoms with Crippen LogP contribution >= 0.6 is 11.8 Å². The summed E-state index contributed by atoms with van der Waals surface area (Å²) in [5.41, 5.74) is 5.95. The minimum absolute atomic E-state index is 0.0881. The first-order chi connectivity index (χ1) is 12.8. The fraction of sp³-hybridized carbons (Fsp3) is 0.381.